The molecule has 0 bridgehead atoms. The second-order valence-electron chi connectivity index (χ2n) is 3.70. The highest BCUT2D eigenvalue weighted by Crippen LogP contribution is 2.22. The predicted octanol–water partition coefficient (Wildman–Crippen LogP) is 2.34. The minimum atomic E-state index is 0.394. The number of aryl methyl sites for hydroxylation is 1. The Bertz CT molecular complexity index is 369. The van der Waals surface area contributed by atoms with E-state index < -0.39 is 0 Å². The van der Waals surface area contributed by atoms with Crippen LogP contribution in [0.2, 0.25) is 0 Å². The molecule has 1 fully saturated rings. The van der Waals surface area contributed by atoms with Gasteiger partial charge in [-0.1, -0.05) is 12.2 Å². The summed E-state index contributed by atoms with van der Waals surface area (Å²) in [4.78, 5) is 7.60. The summed E-state index contributed by atoms with van der Waals surface area (Å²) in [6, 6.07) is 1.88. The summed E-state index contributed by atoms with van der Waals surface area (Å²) in [7, 11) is 0. The molecule has 1 aromatic heterocycles. The summed E-state index contributed by atoms with van der Waals surface area (Å²) < 4.78 is 6.09. The first-order chi connectivity index (χ1) is 6.75. The molecule has 0 spiro atoms. The zero-order chi connectivity index (χ0) is 9.97. The molecule has 1 unspecified atom stereocenters. The third kappa shape index (κ3) is 2.19. The molecule has 3 nitrogen and oxygen atoms in total. The number of aromatic nitrogens is 2. The second-order valence-corrected chi connectivity index (χ2v) is 4.12. The molecule has 0 saturated carbocycles. The fourth-order valence-corrected chi connectivity index (χ4v) is 2.03. The third-order valence-electron chi connectivity index (χ3n) is 2.44. The van der Waals surface area contributed by atoms with Gasteiger partial charge in [-0.25, -0.2) is 4.98 Å². The van der Waals surface area contributed by atoms with Crippen LogP contribution in [-0.2, 0) is 4.74 Å². The van der Waals surface area contributed by atoms with Crippen LogP contribution in [0.15, 0.2) is 6.07 Å². The normalized spacial score (nSPS) is 22.2. The van der Waals surface area contributed by atoms with Gasteiger partial charge in [0.1, 0.15) is 10.5 Å². The van der Waals surface area contributed by atoms with Crippen LogP contribution < -0.4 is 0 Å². The van der Waals surface area contributed by atoms with Crippen LogP contribution in [0.5, 0.6) is 0 Å². The molecule has 0 aromatic carbocycles. The number of nitrogens with zero attached hydrogens (tertiary/aromatic N) is 1. The van der Waals surface area contributed by atoms with Gasteiger partial charge in [-0.3, -0.25) is 0 Å². The number of hydrogen-bond acceptors (Lipinski definition) is 3. The van der Waals surface area contributed by atoms with Crippen molar-refractivity contribution in [3.8, 4) is 0 Å². The van der Waals surface area contributed by atoms with Crippen molar-refractivity contribution < 1.29 is 4.74 Å². The van der Waals surface area contributed by atoms with E-state index in [-0.39, 0.29) is 0 Å². The van der Waals surface area contributed by atoms with Crippen molar-refractivity contribution in [3.63, 3.8) is 0 Å². The molecule has 1 atom stereocenters. The average Bonchev–Trinajstić information content (AvgIpc) is 2.18. The number of H-pyrrole nitrogens is 1. The maximum Gasteiger partial charge on any atom is 0.129 e. The molecule has 1 N–H and O–H groups in total. The predicted molar refractivity (Wildman–Crippen MR) is 57.0 cm³/mol. The first-order valence-corrected chi connectivity index (χ1v) is 5.32. The zero-order valence-corrected chi connectivity index (χ0v) is 9.06. The highest BCUT2D eigenvalue weighted by atomic mass is 32.1. The van der Waals surface area contributed by atoms with E-state index in [0.717, 1.165) is 37.6 Å². The van der Waals surface area contributed by atoms with Crippen molar-refractivity contribution in [2.24, 2.45) is 0 Å². The number of rotatable bonds is 1. The van der Waals surface area contributed by atoms with Crippen LogP contribution in [-0.4, -0.2) is 23.2 Å². The van der Waals surface area contributed by atoms with Crippen LogP contribution in [0.25, 0.3) is 0 Å². The largest absolute Gasteiger partial charge is 0.381 e. The summed E-state index contributed by atoms with van der Waals surface area (Å²) in [6.07, 6.45) is 2.25. The Balaban J connectivity index is 2.26. The highest BCUT2D eigenvalue weighted by molar-refractivity contribution is 7.71. The van der Waals surface area contributed by atoms with E-state index in [2.05, 4.69) is 9.97 Å². The summed E-state index contributed by atoms with van der Waals surface area (Å²) in [5, 5.41) is 0. The van der Waals surface area contributed by atoms with Crippen LogP contribution in [0, 0.1) is 11.6 Å². The minimum Gasteiger partial charge on any atom is -0.381 e. The Labute approximate surface area is 88.5 Å². The molecule has 14 heavy (non-hydrogen) atoms. The van der Waals surface area contributed by atoms with Crippen LogP contribution in [0.1, 0.15) is 30.3 Å². The lowest BCUT2D eigenvalue weighted by molar-refractivity contribution is 0.0780. The van der Waals surface area contributed by atoms with E-state index >= 15 is 0 Å². The first kappa shape index (κ1) is 9.80. The monoisotopic (exact) mass is 210 g/mol. The second kappa shape index (κ2) is 4.19. The molecule has 0 amide bonds. The van der Waals surface area contributed by atoms with E-state index in [1.54, 1.807) is 0 Å². The molecular formula is C10H14N2OS. The van der Waals surface area contributed by atoms with Gasteiger partial charge in [-0.05, 0) is 25.8 Å². The molecule has 1 aliphatic heterocycles. The van der Waals surface area contributed by atoms with Crippen LogP contribution in [0.3, 0.4) is 0 Å². The van der Waals surface area contributed by atoms with Gasteiger partial charge in [0.15, 0.2) is 0 Å². The van der Waals surface area contributed by atoms with Gasteiger partial charge in [0, 0.05) is 18.2 Å². The van der Waals surface area contributed by atoms with Crippen molar-refractivity contribution >= 4 is 12.2 Å². The fraction of sp³-hybridized carbons (Fsp3) is 0.600. The smallest absolute Gasteiger partial charge is 0.129 e. The Kier molecular flexibility index (Phi) is 2.93. The summed E-state index contributed by atoms with van der Waals surface area (Å²) in [6.45, 7) is 3.65. The molecule has 2 rings (SSSR count). The Morgan fingerprint density at radius 3 is 3.14 bits per heavy atom. The number of nitrogens with one attached hydrogen (secondary N) is 1. The minimum absolute atomic E-state index is 0.394. The Morgan fingerprint density at radius 1 is 1.64 bits per heavy atom. The van der Waals surface area contributed by atoms with E-state index in [9.17, 15) is 0 Å². The lowest BCUT2D eigenvalue weighted by Gasteiger charge is -2.21. The summed E-state index contributed by atoms with van der Waals surface area (Å²) >= 11 is 5.08. The van der Waals surface area contributed by atoms with Gasteiger partial charge in [0.25, 0.3) is 0 Å². The van der Waals surface area contributed by atoms with E-state index in [1.807, 2.05) is 13.0 Å². The molecular weight excluding hydrogens is 196 g/mol. The van der Waals surface area contributed by atoms with Crippen molar-refractivity contribution in [2.75, 3.05) is 13.2 Å². The molecule has 1 aromatic rings. The van der Waals surface area contributed by atoms with Crippen molar-refractivity contribution in [2.45, 2.75) is 25.7 Å². The third-order valence-corrected chi connectivity index (χ3v) is 2.65. The number of aromatic amines is 1. The van der Waals surface area contributed by atoms with E-state index in [4.69, 9.17) is 17.0 Å². The quantitative estimate of drug-likeness (QED) is 0.723. The van der Waals surface area contributed by atoms with Gasteiger partial charge >= 0.3 is 0 Å². The molecule has 0 radical (unpaired) electrons. The maximum absolute atomic E-state index is 5.42. The Hall–Kier alpha value is -0.740. The molecule has 2 heterocycles. The summed E-state index contributed by atoms with van der Waals surface area (Å²) in [5.41, 5.74) is 1.07. The van der Waals surface area contributed by atoms with Gasteiger partial charge in [-0.15, -0.1) is 0 Å². The van der Waals surface area contributed by atoms with Crippen molar-refractivity contribution in [1.29, 1.82) is 0 Å². The molecule has 0 aliphatic carbocycles. The highest BCUT2D eigenvalue weighted by Gasteiger charge is 2.17. The average molecular weight is 210 g/mol. The van der Waals surface area contributed by atoms with E-state index in [0.29, 0.717) is 10.6 Å². The van der Waals surface area contributed by atoms with E-state index in [1.165, 1.54) is 0 Å². The lowest BCUT2D eigenvalue weighted by Crippen LogP contribution is -2.18. The zero-order valence-electron chi connectivity index (χ0n) is 8.25. The lowest BCUT2D eigenvalue weighted by atomic mass is 10.0. The van der Waals surface area contributed by atoms with Gasteiger partial charge in [-0.2, -0.15) is 0 Å². The SMILES string of the molecule is Cc1cc(=S)nc(C2CCCOC2)[nH]1. The number of hydrogen-bond donors (Lipinski definition) is 1. The standard InChI is InChI=1S/C10H14N2OS/c1-7-5-9(14)12-10(11-7)8-3-2-4-13-6-8/h5,8H,2-4,6H2,1H3,(H,11,12,14). The van der Waals surface area contributed by atoms with Gasteiger partial charge in [0.2, 0.25) is 0 Å². The molecule has 76 valence electrons. The molecule has 1 saturated heterocycles. The topological polar surface area (TPSA) is 37.9 Å². The van der Waals surface area contributed by atoms with Crippen LogP contribution in [0.4, 0.5) is 0 Å². The maximum atomic E-state index is 5.42. The van der Waals surface area contributed by atoms with Crippen LogP contribution >= 0.6 is 12.2 Å². The van der Waals surface area contributed by atoms with Crippen molar-refractivity contribution in [1.82, 2.24) is 9.97 Å². The first-order valence-electron chi connectivity index (χ1n) is 4.91. The molecule has 1 aliphatic rings. The Morgan fingerprint density at radius 2 is 2.50 bits per heavy atom. The fourth-order valence-electron chi connectivity index (χ4n) is 1.75. The van der Waals surface area contributed by atoms with Gasteiger partial charge < -0.3 is 9.72 Å². The number of ether oxygens (including phenoxy) is 1. The molecule has 4 heteroatoms. The summed E-state index contributed by atoms with van der Waals surface area (Å²) in [5.74, 6) is 1.38. The van der Waals surface area contributed by atoms with Crippen molar-refractivity contribution in [3.05, 3.63) is 22.2 Å². The van der Waals surface area contributed by atoms with Gasteiger partial charge in [0.05, 0.1) is 6.61 Å².